The Bertz CT molecular complexity index is 1020. The summed E-state index contributed by atoms with van der Waals surface area (Å²) < 4.78 is 17.0. The van der Waals surface area contributed by atoms with Crippen molar-refractivity contribution in [1.29, 1.82) is 0 Å². The summed E-state index contributed by atoms with van der Waals surface area (Å²) in [6.07, 6.45) is 0. The van der Waals surface area contributed by atoms with E-state index in [4.69, 9.17) is 19.2 Å². The molecule has 2 aromatic rings. The molecular weight excluding hydrogens is 480 g/mol. The Balaban J connectivity index is 1.90. The normalized spacial score (nSPS) is 15.8. The van der Waals surface area contributed by atoms with E-state index in [0.717, 1.165) is 38.0 Å². The fraction of sp³-hybridized carbons (Fsp3) is 0.304. The highest BCUT2D eigenvalue weighted by Gasteiger charge is 2.30. The maximum Gasteiger partial charge on any atom is 0.338 e. The molecule has 31 heavy (non-hydrogen) atoms. The Morgan fingerprint density at radius 3 is 2.68 bits per heavy atom. The second kappa shape index (κ2) is 10.7. The third kappa shape index (κ3) is 5.62. The van der Waals surface area contributed by atoms with Crippen LogP contribution >= 0.6 is 27.7 Å². The number of nitrogens with zero attached hydrogens (tertiary/aromatic N) is 1. The van der Waals surface area contributed by atoms with Crippen LogP contribution in [0.1, 0.15) is 31.0 Å². The number of allylic oxidation sites excluding steroid dienone is 1. The maximum atomic E-state index is 12.7. The number of hydrogen-bond donors (Lipinski definition) is 1. The van der Waals surface area contributed by atoms with Crippen molar-refractivity contribution in [1.82, 2.24) is 5.32 Å². The molecule has 0 saturated heterocycles. The van der Waals surface area contributed by atoms with E-state index in [9.17, 15) is 4.79 Å². The highest BCUT2D eigenvalue weighted by atomic mass is 79.9. The molecule has 164 valence electrons. The van der Waals surface area contributed by atoms with Gasteiger partial charge in [0.15, 0.2) is 5.17 Å². The molecule has 0 radical (unpaired) electrons. The van der Waals surface area contributed by atoms with Crippen molar-refractivity contribution < 1.29 is 19.0 Å². The van der Waals surface area contributed by atoms with E-state index in [2.05, 4.69) is 21.2 Å². The molecule has 6 nitrogen and oxygen atoms in total. The standard InChI is InChI=1S/C23H25BrN2O4S/c1-5-30-22(27)20-14(2)25-23(26-21(20)15-7-6-8-17(24)11-15)31-13-16-12-18(28-3)9-10-19(16)29-4/h6-12,21H,5,13H2,1-4H3,(H,25,26)/t21-/m1/s1. The van der Waals surface area contributed by atoms with Crippen molar-refractivity contribution >= 4 is 38.8 Å². The van der Waals surface area contributed by atoms with Gasteiger partial charge in [-0.2, -0.15) is 0 Å². The van der Waals surface area contributed by atoms with E-state index in [-0.39, 0.29) is 5.97 Å². The van der Waals surface area contributed by atoms with Crippen LogP contribution in [0.25, 0.3) is 0 Å². The van der Waals surface area contributed by atoms with Gasteiger partial charge in [-0.1, -0.05) is 39.8 Å². The third-order valence-electron chi connectivity index (χ3n) is 4.73. The first-order valence-corrected chi connectivity index (χ1v) is 11.6. The van der Waals surface area contributed by atoms with Gasteiger partial charge in [-0.3, -0.25) is 0 Å². The Morgan fingerprint density at radius 1 is 1.19 bits per heavy atom. The van der Waals surface area contributed by atoms with E-state index >= 15 is 0 Å². The quantitative estimate of drug-likeness (QED) is 0.520. The number of carbonyl (C=O) groups excluding carboxylic acids is 1. The summed E-state index contributed by atoms with van der Waals surface area (Å²) in [6.45, 7) is 3.98. The summed E-state index contributed by atoms with van der Waals surface area (Å²) in [5.41, 5.74) is 3.16. The number of thioether (sulfide) groups is 1. The first-order chi connectivity index (χ1) is 15.0. The first kappa shape index (κ1) is 23.2. The van der Waals surface area contributed by atoms with Crippen LogP contribution < -0.4 is 14.8 Å². The van der Waals surface area contributed by atoms with Crippen LogP contribution in [0.2, 0.25) is 0 Å². The fourth-order valence-electron chi connectivity index (χ4n) is 3.25. The topological polar surface area (TPSA) is 69.2 Å². The molecular formula is C23H25BrN2O4S. The van der Waals surface area contributed by atoms with E-state index in [1.807, 2.05) is 49.4 Å². The molecule has 8 heteroatoms. The summed E-state index contributed by atoms with van der Waals surface area (Å²) in [6, 6.07) is 13.1. The Labute approximate surface area is 195 Å². The molecule has 2 aromatic carbocycles. The van der Waals surface area contributed by atoms with Crippen LogP contribution in [-0.4, -0.2) is 32.0 Å². The number of carbonyl (C=O) groups is 1. The Morgan fingerprint density at radius 2 is 2.00 bits per heavy atom. The molecule has 1 N–H and O–H groups in total. The molecule has 0 spiro atoms. The molecule has 0 fully saturated rings. The Kier molecular flexibility index (Phi) is 8.03. The van der Waals surface area contributed by atoms with Crippen molar-refractivity contribution in [2.24, 2.45) is 4.99 Å². The lowest BCUT2D eigenvalue weighted by Gasteiger charge is -2.26. The molecule has 0 amide bonds. The zero-order valence-corrected chi connectivity index (χ0v) is 20.3. The molecule has 0 saturated carbocycles. The van der Waals surface area contributed by atoms with Gasteiger partial charge in [-0.25, -0.2) is 9.79 Å². The smallest absolute Gasteiger partial charge is 0.338 e. The van der Waals surface area contributed by atoms with Crippen molar-refractivity contribution in [3.8, 4) is 11.5 Å². The predicted octanol–water partition coefficient (Wildman–Crippen LogP) is 5.24. The van der Waals surface area contributed by atoms with Crippen molar-refractivity contribution in [3.63, 3.8) is 0 Å². The van der Waals surface area contributed by atoms with Crippen molar-refractivity contribution in [3.05, 3.63) is 69.3 Å². The minimum Gasteiger partial charge on any atom is -0.497 e. The number of benzene rings is 2. The lowest BCUT2D eigenvalue weighted by Crippen LogP contribution is -2.30. The van der Waals surface area contributed by atoms with Crippen molar-refractivity contribution in [2.45, 2.75) is 25.6 Å². The number of esters is 1. The van der Waals surface area contributed by atoms with Crippen molar-refractivity contribution in [2.75, 3.05) is 20.8 Å². The van der Waals surface area contributed by atoms with E-state index in [1.54, 1.807) is 21.1 Å². The molecule has 3 rings (SSSR count). The number of nitrogens with one attached hydrogen (secondary N) is 1. The molecule has 0 bridgehead atoms. The Hall–Kier alpha value is -2.45. The largest absolute Gasteiger partial charge is 0.497 e. The molecule has 1 heterocycles. The molecule has 1 atom stereocenters. The first-order valence-electron chi connectivity index (χ1n) is 9.78. The second-order valence-corrected chi connectivity index (χ2v) is 8.62. The summed E-state index contributed by atoms with van der Waals surface area (Å²) in [4.78, 5) is 17.5. The van der Waals surface area contributed by atoms with Crippen LogP contribution in [0, 0.1) is 0 Å². The van der Waals surface area contributed by atoms with Crippen LogP contribution in [0.5, 0.6) is 11.5 Å². The van der Waals surface area contributed by atoms with Gasteiger partial charge in [-0.05, 0) is 49.7 Å². The van der Waals surface area contributed by atoms with E-state index in [0.29, 0.717) is 17.9 Å². The maximum absolute atomic E-state index is 12.7. The van der Waals surface area contributed by atoms with Gasteiger partial charge < -0.3 is 19.5 Å². The van der Waals surface area contributed by atoms with Gasteiger partial charge in [0.25, 0.3) is 0 Å². The van der Waals surface area contributed by atoms with Gasteiger partial charge >= 0.3 is 5.97 Å². The molecule has 0 aromatic heterocycles. The predicted molar refractivity (Wildman–Crippen MR) is 128 cm³/mol. The lowest BCUT2D eigenvalue weighted by atomic mass is 9.97. The third-order valence-corrected chi connectivity index (χ3v) is 6.16. The number of halogens is 1. The highest BCUT2D eigenvalue weighted by Crippen LogP contribution is 2.35. The van der Waals surface area contributed by atoms with Gasteiger partial charge in [0, 0.05) is 21.5 Å². The number of rotatable bonds is 7. The summed E-state index contributed by atoms with van der Waals surface area (Å²) in [7, 11) is 3.29. The fourth-order valence-corrected chi connectivity index (χ4v) is 4.59. The van der Waals surface area contributed by atoms with Crippen LogP contribution in [0.4, 0.5) is 0 Å². The highest BCUT2D eigenvalue weighted by molar-refractivity contribution is 9.10. The van der Waals surface area contributed by atoms with E-state index in [1.165, 1.54) is 11.8 Å². The average Bonchev–Trinajstić information content (AvgIpc) is 2.77. The van der Waals surface area contributed by atoms with Gasteiger partial charge in [0.05, 0.1) is 26.4 Å². The molecule has 1 aliphatic rings. The second-order valence-electron chi connectivity index (χ2n) is 6.74. The van der Waals surface area contributed by atoms with E-state index < -0.39 is 6.04 Å². The molecule has 0 unspecified atom stereocenters. The number of hydrogen-bond acceptors (Lipinski definition) is 7. The minimum atomic E-state index is -0.451. The monoisotopic (exact) mass is 504 g/mol. The number of ether oxygens (including phenoxy) is 3. The SMILES string of the molecule is CCOC(=O)C1=C(C)NC(SCc2cc(OC)ccc2OC)=N[C@@H]1c1cccc(Br)c1. The number of amidine groups is 1. The molecule has 1 aliphatic heterocycles. The number of aliphatic imine (C=N–C) groups is 1. The van der Waals surface area contributed by atoms with Gasteiger partial charge in [0.1, 0.15) is 17.5 Å². The summed E-state index contributed by atoms with van der Waals surface area (Å²) in [5, 5.41) is 3.99. The zero-order chi connectivity index (χ0) is 22.4. The van der Waals surface area contributed by atoms with Crippen LogP contribution in [0.3, 0.4) is 0 Å². The lowest BCUT2D eigenvalue weighted by molar-refractivity contribution is -0.138. The van der Waals surface area contributed by atoms with Crippen LogP contribution in [-0.2, 0) is 15.3 Å². The summed E-state index contributed by atoms with van der Waals surface area (Å²) in [5.74, 6) is 1.81. The van der Waals surface area contributed by atoms with Gasteiger partial charge in [-0.15, -0.1) is 0 Å². The zero-order valence-electron chi connectivity index (χ0n) is 17.9. The van der Waals surface area contributed by atoms with Crippen LogP contribution in [0.15, 0.2) is 63.2 Å². The number of methoxy groups -OCH3 is 2. The molecule has 0 aliphatic carbocycles. The summed E-state index contributed by atoms with van der Waals surface area (Å²) >= 11 is 5.05. The van der Waals surface area contributed by atoms with Gasteiger partial charge in [0.2, 0.25) is 0 Å². The average molecular weight is 505 g/mol. The minimum absolute atomic E-state index is 0.307.